The second kappa shape index (κ2) is 6.86. The van der Waals surface area contributed by atoms with Gasteiger partial charge in [-0.1, -0.05) is 6.07 Å². The van der Waals surface area contributed by atoms with Crippen LogP contribution in [0.3, 0.4) is 0 Å². The summed E-state index contributed by atoms with van der Waals surface area (Å²) < 4.78 is 7.04. The average Bonchev–Trinajstić information content (AvgIpc) is 3.32. The Hall–Kier alpha value is -3.00. The van der Waals surface area contributed by atoms with Crippen molar-refractivity contribution in [1.82, 2.24) is 25.1 Å². The minimum atomic E-state index is 0.323. The predicted molar refractivity (Wildman–Crippen MR) is 96.4 cm³/mol. The maximum Gasteiger partial charge on any atom is 0.168 e. The minimum Gasteiger partial charge on any atom is -0.497 e. The van der Waals surface area contributed by atoms with Crippen LogP contribution >= 0.6 is 0 Å². The number of benzene rings is 1. The van der Waals surface area contributed by atoms with Crippen LogP contribution in [0, 0.1) is 0 Å². The van der Waals surface area contributed by atoms with Crippen LogP contribution in [0.5, 0.6) is 5.75 Å². The number of fused-ring (bicyclic) bond motifs is 1. The summed E-state index contributed by atoms with van der Waals surface area (Å²) in [6.45, 7) is 1.04. The normalized spacial score (nSPS) is 17.4. The van der Waals surface area contributed by atoms with Gasteiger partial charge >= 0.3 is 0 Å². The third-order valence-corrected chi connectivity index (χ3v) is 4.19. The molecule has 0 amide bonds. The summed E-state index contributed by atoms with van der Waals surface area (Å²) in [4.78, 5) is 8.64. The molecule has 4 rings (SSSR count). The van der Waals surface area contributed by atoms with Crippen LogP contribution in [0.4, 0.5) is 5.82 Å². The molecule has 2 aromatic heterocycles. The number of hydrogen-bond donors (Lipinski definition) is 2. The summed E-state index contributed by atoms with van der Waals surface area (Å²) in [5.41, 5.74) is 4.58. The van der Waals surface area contributed by atoms with Crippen LogP contribution in [0.2, 0.25) is 0 Å². The number of hydrazone groups is 1. The molecule has 0 spiro atoms. The van der Waals surface area contributed by atoms with Gasteiger partial charge in [0.25, 0.3) is 0 Å². The first kappa shape index (κ1) is 15.5. The smallest absolute Gasteiger partial charge is 0.168 e. The third-order valence-electron chi connectivity index (χ3n) is 4.19. The van der Waals surface area contributed by atoms with E-state index < -0.39 is 0 Å². The number of nitrogens with one attached hydrogen (secondary N) is 2. The molecule has 8 nitrogen and oxygen atoms in total. The van der Waals surface area contributed by atoms with Gasteiger partial charge in [-0.05, 0) is 31.5 Å². The molecular formula is C17H19N7O. The van der Waals surface area contributed by atoms with E-state index in [9.17, 15) is 0 Å². The van der Waals surface area contributed by atoms with Gasteiger partial charge in [-0.3, -0.25) is 5.43 Å². The summed E-state index contributed by atoms with van der Waals surface area (Å²) in [7, 11) is 1.64. The highest BCUT2D eigenvalue weighted by molar-refractivity contribution is 5.87. The monoisotopic (exact) mass is 337 g/mol. The zero-order valence-corrected chi connectivity index (χ0v) is 13.9. The van der Waals surface area contributed by atoms with Crippen molar-refractivity contribution in [2.45, 2.75) is 18.9 Å². The second-order valence-electron chi connectivity index (χ2n) is 5.81. The molecule has 0 aliphatic carbocycles. The molecule has 1 fully saturated rings. The molecule has 128 valence electrons. The number of hydrogen-bond acceptors (Lipinski definition) is 7. The van der Waals surface area contributed by atoms with Crippen molar-refractivity contribution in [2.24, 2.45) is 5.10 Å². The van der Waals surface area contributed by atoms with Crippen molar-refractivity contribution in [2.75, 3.05) is 19.1 Å². The van der Waals surface area contributed by atoms with Crippen LogP contribution in [-0.4, -0.2) is 45.7 Å². The Morgan fingerprint density at radius 3 is 3.20 bits per heavy atom. The standard InChI is InChI=1S/C17H19N7O/c1-25-14-6-2-5-13(8-14)24-17-15(10-22-24)16(19-11-20-17)23-21-9-12-4-3-7-18-12/h2,5-6,8-12,18H,3-4,7H2,1H3,(H,19,20,23)/t12-/m1/s1. The molecule has 8 heteroatoms. The molecule has 3 aromatic rings. The van der Waals surface area contributed by atoms with Crippen molar-refractivity contribution in [1.29, 1.82) is 0 Å². The van der Waals surface area contributed by atoms with Crippen LogP contribution in [0.15, 0.2) is 41.9 Å². The first-order valence-corrected chi connectivity index (χ1v) is 8.21. The highest BCUT2D eigenvalue weighted by Crippen LogP contribution is 2.23. The Morgan fingerprint density at radius 2 is 2.36 bits per heavy atom. The molecule has 2 N–H and O–H groups in total. The van der Waals surface area contributed by atoms with Crippen molar-refractivity contribution in [3.8, 4) is 11.4 Å². The molecule has 1 atom stereocenters. The van der Waals surface area contributed by atoms with Gasteiger partial charge in [-0.2, -0.15) is 10.2 Å². The van der Waals surface area contributed by atoms with Gasteiger partial charge in [-0.25, -0.2) is 14.6 Å². The molecule has 25 heavy (non-hydrogen) atoms. The Bertz CT molecular complexity index is 899. The summed E-state index contributed by atoms with van der Waals surface area (Å²) in [6, 6.07) is 7.99. The van der Waals surface area contributed by atoms with Gasteiger partial charge in [-0.15, -0.1) is 0 Å². The van der Waals surface area contributed by atoms with Gasteiger partial charge in [0.1, 0.15) is 12.1 Å². The summed E-state index contributed by atoms with van der Waals surface area (Å²) in [5.74, 6) is 1.40. The Morgan fingerprint density at radius 1 is 1.40 bits per heavy atom. The van der Waals surface area contributed by atoms with E-state index in [1.165, 1.54) is 12.7 Å². The fourth-order valence-electron chi connectivity index (χ4n) is 2.89. The molecule has 0 bridgehead atoms. The predicted octanol–water partition coefficient (Wildman–Crippen LogP) is 1.97. The highest BCUT2D eigenvalue weighted by Gasteiger charge is 2.13. The average molecular weight is 337 g/mol. The molecular weight excluding hydrogens is 318 g/mol. The van der Waals surface area contributed by atoms with Gasteiger partial charge in [0.15, 0.2) is 11.5 Å². The molecule has 0 unspecified atom stereocenters. The van der Waals surface area contributed by atoms with E-state index in [2.05, 4.69) is 30.9 Å². The van der Waals surface area contributed by atoms with Gasteiger partial charge in [0.05, 0.1) is 24.4 Å². The summed E-state index contributed by atoms with van der Waals surface area (Å²) >= 11 is 0. The molecule has 0 radical (unpaired) electrons. The fourth-order valence-corrected chi connectivity index (χ4v) is 2.89. The van der Waals surface area contributed by atoms with E-state index in [0.717, 1.165) is 29.8 Å². The van der Waals surface area contributed by atoms with Crippen molar-refractivity contribution in [3.63, 3.8) is 0 Å². The molecule has 0 saturated carbocycles. The number of methoxy groups -OCH3 is 1. The van der Waals surface area contributed by atoms with Gasteiger partial charge < -0.3 is 10.1 Å². The largest absolute Gasteiger partial charge is 0.497 e. The number of ether oxygens (including phenoxy) is 1. The topological polar surface area (TPSA) is 89.2 Å². The van der Waals surface area contributed by atoms with Crippen molar-refractivity contribution in [3.05, 3.63) is 36.8 Å². The van der Waals surface area contributed by atoms with Crippen LogP contribution in [0.25, 0.3) is 16.7 Å². The number of nitrogens with zero attached hydrogens (tertiary/aromatic N) is 5. The van der Waals surface area contributed by atoms with Crippen LogP contribution < -0.4 is 15.5 Å². The van der Waals surface area contributed by atoms with E-state index in [-0.39, 0.29) is 0 Å². The SMILES string of the molecule is COc1cccc(-n2ncc3c(NN=C[C@H]4CCCN4)ncnc32)c1. The number of anilines is 1. The third kappa shape index (κ3) is 3.16. The Kier molecular flexibility index (Phi) is 4.26. The number of rotatable bonds is 5. The van der Waals surface area contributed by atoms with Crippen LogP contribution in [0.1, 0.15) is 12.8 Å². The summed E-state index contributed by atoms with van der Waals surface area (Å²) in [5, 5.41) is 12.9. The van der Waals surface area contributed by atoms with Gasteiger partial charge in [0.2, 0.25) is 0 Å². The van der Waals surface area contributed by atoms with E-state index >= 15 is 0 Å². The fraction of sp³-hybridized carbons (Fsp3) is 0.294. The van der Waals surface area contributed by atoms with E-state index in [0.29, 0.717) is 17.5 Å². The lowest BCUT2D eigenvalue weighted by molar-refractivity contribution is 0.414. The van der Waals surface area contributed by atoms with Crippen molar-refractivity contribution >= 4 is 23.1 Å². The van der Waals surface area contributed by atoms with Crippen LogP contribution in [-0.2, 0) is 0 Å². The van der Waals surface area contributed by atoms with E-state index in [1.807, 2.05) is 30.5 Å². The zero-order chi connectivity index (χ0) is 17.1. The lowest BCUT2D eigenvalue weighted by atomic mass is 10.2. The van der Waals surface area contributed by atoms with E-state index in [4.69, 9.17) is 4.74 Å². The first-order valence-electron chi connectivity index (χ1n) is 8.21. The lowest BCUT2D eigenvalue weighted by Crippen LogP contribution is -2.22. The molecule has 3 heterocycles. The van der Waals surface area contributed by atoms with Gasteiger partial charge in [0, 0.05) is 18.3 Å². The maximum atomic E-state index is 5.28. The molecule has 1 aliphatic heterocycles. The zero-order valence-electron chi connectivity index (χ0n) is 13.9. The Labute approximate surface area is 144 Å². The quantitative estimate of drug-likeness (QED) is 0.546. The highest BCUT2D eigenvalue weighted by atomic mass is 16.5. The molecule has 1 aromatic carbocycles. The van der Waals surface area contributed by atoms with Crippen molar-refractivity contribution < 1.29 is 4.74 Å². The maximum absolute atomic E-state index is 5.28. The molecule has 1 aliphatic rings. The minimum absolute atomic E-state index is 0.323. The Balaban J connectivity index is 1.63. The summed E-state index contributed by atoms with van der Waals surface area (Å²) in [6.07, 6.45) is 7.42. The lowest BCUT2D eigenvalue weighted by Gasteiger charge is -2.06. The molecule has 1 saturated heterocycles. The first-order chi connectivity index (χ1) is 12.3. The second-order valence-corrected chi connectivity index (χ2v) is 5.81. The van der Waals surface area contributed by atoms with E-state index in [1.54, 1.807) is 18.0 Å². The number of aromatic nitrogens is 4.